The van der Waals surface area contributed by atoms with Crippen molar-refractivity contribution in [3.05, 3.63) is 34.6 Å². The number of primary amides is 1. The Morgan fingerprint density at radius 2 is 1.73 bits per heavy atom. The van der Waals surface area contributed by atoms with Crippen LogP contribution in [0.5, 0.6) is 0 Å². The Kier molecular flexibility index (Phi) is 3.81. The van der Waals surface area contributed by atoms with Crippen molar-refractivity contribution < 1.29 is 18.8 Å². The Hall–Kier alpha value is -2.24. The minimum absolute atomic E-state index is 0.0183. The van der Waals surface area contributed by atoms with Gasteiger partial charge in [-0.15, -0.1) is 0 Å². The summed E-state index contributed by atoms with van der Waals surface area (Å²) in [6.07, 6.45) is 0.218. The Bertz CT molecular complexity index is 677. The van der Waals surface area contributed by atoms with Crippen molar-refractivity contribution >= 4 is 17.7 Å². The van der Waals surface area contributed by atoms with E-state index in [4.69, 9.17) is 5.73 Å². The topological polar surface area (TPSA) is 80.5 Å². The average molecular weight is 306 g/mol. The van der Waals surface area contributed by atoms with Crippen LogP contribution < -0.4 is 5.73 Å². The third kappa shape index (κ3) is 2.38. The molecule has 2 rings (SSSR count). The number of nitrogens with two attached hydrogens (primary N) is 1. The lowest BCUT2D eigenvalue weighted by molar-refractivity contribution is -0.121. The molecular formula is C16H19FN2O3. The summed E-state index contributed by atoms with van der Waals surface area (Å²) >= 11 is 0. The molecule has 0 aliphatic carbocycles. The number of nitrogens with zero attached hydrogens (tertiary/aromatic N) is 1. The molecule has 5 nitrogen and oxygen atoms in total. The van der Waals surface area contributed by atoms with Gasteiger partial charge in [0.15, 0.2) is 0 Å². The quantitative estimate of drug-likeness (QED) is 0.867. The van der Waals surface area contributed by atoms with Crippen LogP contribution in [0.15, 0.2) is 12.1 Å². The first-order chi connectivity index (χ1) is 10.1. The van der Waals surface area contributed by atoms with Crippen molar-refractivity contribution in [1.82, 2.24) is 4.90 Å². The first kappa shape index (κ1) is 16.1. The van der Waals surface area contributed by atoms with Crippen molar-refractivity contribution in [1.29, 1.82) is 0 Å². The molecule has 0 saturated heterocycles. The molecule has 1 heterocycles. The molecule has 1 aromatic carbocycles. The van der Waals surface area contributed by atoms with Gasteiger partial charge in [-0.2, -0.15) is 0 Å². The minimum atomic E-state index is -1.02. The van der Waals surface area contributed by atoms with E-state index in [2.05, 4.69) is 0 Å². The summed E-state index contributed by atoms with van der Waals surface area (Å²) in [5.74, 6) is -2.57. The van der Waals surface area contributed by atoms with E-state index in [0.717, 1.165) is 11.0 Å². The third-order valence-electron chi connectivity index (χ3n) is 3.84. The second-order valence-corrected chi connectivity index (χ2v) is 6.43. The van der Waals surface area contributed by atoms with E-state index in [1.54, 1.807) is 6.92 Å². The lowest BCUT2D eigenvalue weighted by Crippen LogP contribution is -2.47. The van der Waals surface area contributed by atoms with Gasteiger partial charge in [0, 0.05) is 0 Å². The van der Waals surface area contributed by atoms with Crippen LogP contribution in [0, 0.1) is 5.82 Å². The molecule has 22 heavy (non-hydrogen) atoms. The average Bonchev–Trinajstić information content (AvgIpc) is 2.62. The molecule has 2 N–H and O–H groups in total. The summed E-state index contributed by atoms with van der Waals surface area (Å²) in [4.78, 5) is 37.1. The van der Waals surface area contributed by atoms with Crippen molar-refractivity contribution in [3.63, 3.8) is 0 Å². The van der Waals surface area contributed by atoms with Gasteiger partial charge in [-0.1, -0.05) is 27.7 Å². The maximum Gasteiger partial charge on any atom is 0.262 e. The molecule has 0 saturated carbocycles. The predicted molar refractivity (Wildman–Crippen MR) is 78.9 cm³/mol. The van der Waals surface area contributed by atoms with E-state index in [9.17, 15) is 18.8 Å². The Balaban J connectivity index is 2.58. The Morgan fingerprint density at radius 1 is 1.23 bits per heavy atom. The van der Waals surface area contributed by atoms with Gasteiger partial charge in [0.05, 0.1) is 11.1 Å². The number of rotatable bonds is 3. The summed E-state index contributed by atoms with van der Waals surface area (Å²) in [7, 11) is 0. The normalized spacial score (nSPS) is 16.0. The number of carbonyl (C=O) groups excluding carboxylic acids is 3. The van der Waals surface area contributed by atoms with Gasteiger partial charge in [-0.05, 0) is 29.5 Å². The molecule has 1 unspecified atom stereocenters. The molecular weight excluding hydrogens is 287 g/mol. The zero-order valence-electron chi connectivity index (χ0n) is 13.1. The van der Waals surface area contributed by atoms with Crippen molar-refractivity contribution in [2.24, 2.45) is 5.73 Å². The van der Waals surface area contributed by atoms with Crippen LogP contribution in [0.1, 0.15) is 60.4 Å². The fourth-order valence-corrected chi connectivity index (χ4v) is 2.65. The Morgan fingerprint density at radius 3 is 2.14 bits per heavy atom. The van der Waals surface area contributed by atoms with E-state index in [1.165, 1.54) is 6.07 Å². The van der Waals surface area contributed by atoms with E-state index < -0.39 is 35.0 Å². The molecule has 6 heteroatoms. The Labute approximate surface area is 128 Å². The van der Waals surface area contributed by atoms with Crippen LogP contribution in [0.3, 0.4) is 0 Å². The van der Waals surface area contributed by atoms with Crippen LogP contribution in [0.2, 0.25) is 0 Å². The zero-order valence-corrected chi connectivity index (χ0v) is 13.1. The second kappa shape index (κ2) is 5.19. The minimum Gasteiger partial charge on any atom is -0.368 e. The largest absolute Gasteiger partial charge is 0.368 e. The van der Waals surface area contributed by atoms with E-state index in [-0.39, 0.29) is 17.5 Å². The first-order valence-corrected chi connectivity index (χ1v) is 7.10. The fraction of sp³-hybridized carbons (Fsp3) is 0.438. The number of carbonyl (C=O) groups is 3. The molecule has 0 aromatic heterocycles. The van der Waals surface area contributed by atoms with Crippen LogP contribution >= 0.6 is 0 Å². The monoisotopic (exact) mass is 306 g/mol. The van der Waals surface area contributed by atoms with Gasteiger partial charge < -0.3 is 5.73 Å². The fourth-order valence-electron chi connectivity index (χ4n) is 2.65. The van der Waals surface area contributed by atoms with E-state index >= 15 is 0 Å². The van der Waals surface area contributed by atoms with E-state index in [0.29, 0.717) is 5.56 Å². The second-order valence-electron chi connectivity index (χ2n) is 6.43. The van der Waals surface area contributed by atoms with Crippen molar-refractivity contribution in [2.75, 3.05) is 0 Å². The maximum absolute atomic E-state index is 14.2. The number of hydrogen-bond donors (Lipinski definition) is 1. The number of fused-ring (bicyclic) bond motifs is 1. The van der Waals surface area contributed by atoms with E-state index in [1.807, 2.05) is 20.8 Å². The molecule has 1 atom stereocenters. The lowest BCUT2D eigenvalue weighted by Gasteiger charge is -2.21. The van der Waals surface area contributed by atoms with Crippen molar-refractivity contribution in [2.45, 2.75) is 45.6 Å². The molecule has 0 spiro atoms. The summed E-state index contributed by atoms with van der Waals surface area (Å²) in [6, 6.07) is 1.45. The van der Waals surface area contributed by atoms with Gasteiger partial charge in [-0.3, -0.25) is 19.3 Å². The highest BCUT2D eigenvalue weighted by atomic mass is 19.1. The van der Waals surface area contributed by atoms with Crippen molar-refractivity contribution in [3.8, 4) is 0 Å². The van der Waals surface area contributed by atoms with Gasteiger partial charge in [0.2, 0.25) is 5.91 Å². The summed E-state index contributed by atoms with van der Waals surface area (Å²) in [5.41, 5.74) is 5.20. The van der Waals surface area contributed by atoms with Crippen LogP contribution in [0.25, 0.3) is 0 Å². The van der Waals surface area contributed by atoms with Gasteiger partial charge in [0.1, 0.15) is 11.9 Å². The van der Waals surface area contributed by atoms with Gasteiger partial charge in [0.25, 0.3) is 11.8 Å². The van der Waals surface area contributed by atoms with Crippen LogP contribution in [0.4, 0.5) is 4.39 Å². The molecule has 118 valence electrons. The summed E-state index contributed by atoms with van der Waals surface area (Å²) in [6.45, 7) is 7.10. The van der Waals surface area contributed by atoms with Crippen LogP contribution in [-0.2, 0) is 10.2 Å². The number of amides is 3. The molecule has 1 aliphatic heterocycles. The number of hydrogen-bond acceptors (Lipinski definition) is 3. The number of halogens is 1. The highest BCUT2D eigenvalue weighted by Crippen LogP contribution is 2.32. The summed E-state index contributed by atoms with van der Waals surface area (Å²) < 4.78 is 14.2. The van der Waals surface area contributed by atoms with Crippen LogP contribution in [-0.4, -0.2) is 28.7 Å². The van der Waals surface area contributed by atoms with Gasteiger partial charge >= 0.3 is 0 Å². The lowest BCUT2D eigenvalue weighted by atomic mass is 9.85. The first-order valence-electron chi connectivity index (χ1n) is 7.10. The maximum atomic E-state index is 14.2. The standard InChI is InChI=1S/C16H19FN2O3/c1-5-12(13(18)20)19-14(21)8-6-10(16(2,3)4)11(17)7-9(8)15(19)22/h6-7,12H,5H2,1-4H3,(H2,18,20). The number of imide groups is 1. The molecule has 0 fully saturated rings. The SMILES string of the molecule is CCC(C(N)=O)N1C(=O)c2cc(F)c(C(C)(C)C)cc2C1=O. The molecule has 1 aliphatic rings. The van der Waals surface area contributed by atoms with Gasteiger partial charge in [-0.25, -0.2) is 4.39 Å². The number of benzene rings is 1. The zero-order chi connectivity index (χ0) is 16.8. The molecule has 0 bridgehead atoms. The summed E-state index contributed by atoms with van der Waals surface area (Å²) in [5, 5.41) is 0. The molecule has 3 amide bonds. The molecule has 1 aromatic rings. The smallest absolute Gasteiger partial charge is 0.262 e. The third-order valence-corrected chi connectivity index (χ3v) is 3.84. The predicted octanol–water partition coefficient (Wildman–Crippen LogP) is 1.98. The highest BCUT2D eigenvalue weighted by molar-refractivity contribution is 6.22. The highest BCUT2D eigenvalue weighted by Gasteiger charge is 2.42. The molecule has 0 radical (unpaired) electrons.